The van der Waals surface area contributed by atoms with Gasteiger partial charge in [-0.2, -0.15) is 0 Å². The Balaban J connectivity index is 1.69. The van der Waals surface area contributed by atoms with Crippen molar-refractivity contribution in [3.8, 4) is 17.2 Å². The van der Waals surface area contributed by atoms with Gasteiger partial charge in [0.25, 0.3) is 0 Å². The number of ether oxygens (including phenoxy) is 3. The Bertz CT molecular complexity index is 1050. The lowest BCUT2D eigenvalue weighted by molar-refractivity contribution is 0.0529. The second-order valence-corrected chi connectivity index (χ2v) is 9.09. The molecule has 0 radical (unpaired) electrons. The minimum absolute atomic E-state index is 0.325. The predicted octanol–water partition coefficient (Wildman–Crippen LogP) is 7.63. The number of rotatable bonds is 7. The number of fused-ring (bicyclic) bond motifs is 1. The van der Waals surface area contributed by atoms with Gasteiger partial charge in [-0.1, -0.05) is 31.4 Å². The van der Waals surface area contributed by atoms with Crippen molar-refractivity contribution >= 4 is 27.4 Å². The van der Waals surface area contributed by atoms with Gasteiger partial charge in [0, 0.05) is 10.1 Å². The molecule has 0 bridgehead atoms. The zero-order valence-electron chi connectivity index (χ0n) is 18.5. The number of aryl methyl sites for hydroxylation is 1. The first-order chi connectivity index (χ1) is 15.1. The Morgan fingerprint density at radius 3 is 2.45 bits per heavy atom. The fourth-order valence-electron chi connectivity index (χ4n) is 4.31. The van der Waals surface area contributed by atoms with Crippen LogP contribution in [0.15, 0.2) is 36.4 Å². The summed E-state index contributed by atoms with van der Waals surface area (Å²) < 4.78 is 18.4. The van der Waals surface area contributed by atoms with Gasteiger partial charge in [-0.15, -0.1) is 11.3 Å². The summed E-state index contributed by atoms with van der Waals surface area (Å²) in [6.07, 6.45) is 6.51. The van der Waals surface area contributed by atoms with Crippen molar-refractivity contribution in [1.29, 1.82) is 0 Å². The molecule has 1 aromatic heterocycles. The van der Waals surface area contributed by atoms with Crippen LogP contribution in [0.2, 0.25) is 0 Å². The van der Waals surface area contributed by atoms with E-state index in [0.29, 0.717) is 29.8 Å². The second kappa shape index (κ2) is 9.73. The van der Waals surface area contributed by atoms with Crippen molar-refractivity contribution in [2.45, 2.75) is 58.8 Å². The molecule has 5 heteroatoms. The van der Waals surface area contributed by atoms with Crippen molar-refractivity contribution in [3.63, 3.8) is 0 Å². The van der Waals surface area contributed by atoms with Crippen molar-refractivity contribution in [1.82, 2.24) is 0 Å². The minimum Gasteiger partial charge on any atom is -0.494 e. The molecule has 0 aliphatic heterocycles. The van der Waals surface area contributed by atoms with Crippen LogP contribution in [0.4, 0.5) is 0 Å². The molecule has 0 saturated heterocycles. The van der Waals surface area contributed by atoms with Crippen LogP contribution in [-0.2, 0) is 4.74 Å². The number of hydrogen-bond donors (Lipinski definition) is 0. The van der Waals surface area contributed by atoms with Gasteiger partial charge in [-0.3, -0.25) is 0 Å². The Hall–Kier alpha value is -2.53. The van der Waals surface area contributed by atoms with E-state index >= 15 is 0 Å². The van der Waals surface area contributed by atoms with Gasteiger partial charge >= 0.3 is 5.97 Å². The molecule has 31 heavy (non-hydrogen) atoms. The van der Waals surface area contributed by atoms with Gasteiger partial charge in [-0.05, 0) is 74.9 Å². The highest BCUT2D eigenvalue weighted by atomic mass is 32.1. The third-order valence-corrected chi connectivity index (χ3v) is 6.99. The molecule has 164 valence electrons. The van der Waals surface area contributed by atoms with Gasteiger partial charge in [-0.25, -0.2) is 4.79 Å². The van der Waals surface area contributed by atoms with E-state index in [4.69, 9.17) is 14.2 Å². The maximum absolute atomic E-state index is 12.7. The molecule has 1 aliphatic carbocycles. The number of thiophene rings is 1. The van der Waals surface area contributed by atoms with Crippen molar-refractivity contribution in [2.24, 2.45) is 0 Å². The monoisotopic (exact) mass is 438 g/mol. The van der Waals surface area contributed by atoms with Gasteiger partial charge in [0.2, 0.25) is 0 Å². The van der Waals surface area contributed by atoms with E-state index < -0.39 is 0 Å². The molecular weight excluding hydrogens is 408 g/mol. The smallest absolute Gasteiger partial charge is 0.352 e. The lowest BCUT2D eigenvalue weighted by atomic mass is 9.84. The molecule has 1 heterocycles. The lowest BCUT2D eigenvalue weighted by Crippen LogP contribution is -2.05. The molecule has 1 fully saturated rings. The van der Waals surface area contributed by atoms with E-state index in [9.17, 15) is 4.79 Å². The molecule has 0 unspecified atom stereocenters. The maximum atomic E-state index is 12.7. The van der Waals surface area contributed by atoms with Crippen molar-refractivity contribution in [3.05, 3.63) is 52.4 Å². The Morgan fingerprint density at radius 2 is 1.77 bits per heavy atom. The van der Waals surface area contributed by atoms with Crippen LogP contribution < -0.4 is 9.47 Å². The number of hydrogen-bond acceptors (Lipinski definition) is 5. The van der Waals surface area contributed by atoms with Gasteiger partial charge in [0.1, 0.15) is 11.5 Å². The highest BCUT2D eigenvalue weighted by Gasteiger charge is 2.23. The average Bonchev–Trinajstić information content (AvgIpc) is 3.12. The van der Waals surface area contributed by atoms with E-state index in [1.807, 2.05) is 45.0 Å². The number of carbonyl (C=O) groups excluding carboxylic acids is 1. The summed E-state index contributed by atoms with van der Waals surface area (Å²) in [6, 6.07) is 12.4. The van der Waals surface area contributed by atoms with Crippen LogP contribution in [0.5, 0.6) is 17.2 Å². The normalized spacial score (nSPS) is 14.5. The number of carbonyl (C=O) groups is 1. The Morgan fingerprint density at radius 1 is 1.03 bits per heavy atom. The molecule has 1 saturated carbocycles. The molecule has 0 amide bonds. The van der Waals surface area contributed by atoms with Crippen LogP contribution in [-0.4, -0.2) is 19.2 Å². The fraction of sp³-hybridized carbons (Fsp3) is 0.423. The van der Waals surface area contributed by atoms with Crippen LogP contribution >= 0.6 is 11.3 Å². The lowest BCUT2D eigenvalue weighted by Gasteiger charge is -2.22. The van der Waals surface area contributed by atoms with Crippen LogP contribution in [0.25, 0.3) is 10.1 Å². The highest BCUT2D eigenvalue weighted by molar-refractivity contribution is 7.21. The molecule has 3 aromatic rings. The van der Waals surface area contributed by atoms with Crippen LogP contribution in [0.3, 0.4) is 0 Å². The molecule has 2 aromatic carbocycles. The SMILES string of the molecule is CCOC(=O)c1sc2cc(C)c(OCC)cc2c1Oc1ccc(C2CCCCC2)cc1. The summed E-state index contributed by atoms with van der Waals surface area (Å²) in [5, 5.41) is 0.874. The second-order valence-electron chi connectivity index (χ2n) is 8.03. The van der Waals surface area contributed by atoms with E-state index in [2.05, 4.69) is 12.1 Å². The van der Waals surface area contributed by atoms with Crippen molar-refractivity contribution < 1.29 is 19.0 Å². The van der Waals surface area contributed by atoms with E-state index in [1.165, 1.54) is 49.0 Å². The summed E-state index contributed by atoms with van der Waals surface area (Å²) >= 11 is 1.40. The third kappa shape index (κ3) is 4.72. The molecular formula is C26H30O4S. The van der Waals surface area contributed by atoms with E-state index in [-0.39, 0.29) is 5.97 Å². The topological polar surface area (TPSA) is 44.8 Å². The van der Waals surface area contributed by atoms with E-state index in [1.54, 1.807) is 0 Å². The molecule has 4 rings (SSSR count). The average molecular weight is 439 g/mol. The van der Waals surface area contributed by atoms with Gasteiger partial charge in [0.15, 0.2) is 10.6 Å². The Labute approximate surface area is 188 Å². The van der Waals surface area contributed by atoms with E-state index in [0.717, 1.165) is 27.1 Å². The van der Waals surface area contributed by atoms with Crippen LogP contribution in [0, 0.1) is 6.92 Å². The first-order valence-electron chi connectivity index (χ1n) is 11.3. The number of benzene rings is 2. The standard InChI is InChI=1S/C26H30O4S/c1-4-28-22-16-21-23(15-17(22)3)31-25(26(27)29-5-2)24(21)30-20-13-11-19(12-14-20)18-9-7-6-8-10-18/h11-16,18H,4-10H2,1-3H3. The molecule has 0 spiro atoms. The molecule has 4 nitrogen and oxygen atoms in total. The highest BCUT2D eigenvalue weighted by Crippen LogP contribution is 2.43. The largest absolute Gasteiger partial charge is 0.494 e. The molecule has 0 N–H and O–H groups in total. The fourth-order valence-corrected chi connectivity index (χ4v) is 5.41. The summed E-state index contributed by atoms with van der Waals surface area (Å²) in [5.41, 5.74) is 2.41. The first kappa shape index (κ1) is 21.7. The minimum atomic E-state index is -0.354. The summed E-state index contributed by atoms with van der Waals surface area (Å²) in [7, 11) is 0. The quantitative estimate of drug-likeness (QED) is 0.356. The zero-order valence-corrected chi connectivity index (χ0v) is 19.3. The zero-order chi connectivity index (χ0) is 21.8. The summed E-state index contributed by atoms with van der Waals surface area (Å²) in [6.45, 7) is 6.70. The number of esters is 1. The first-order valence-corrected chi connectivity index (χ1v) is 12.1. The Kier molecular flexibility index (Phi) is 6.81. The van der Waals surface area contributed by atoms with Crippen LogP contribution in [0.1, 0.15) is 72.7 Å². The van der Waals surface area contributed by atoms with Crippen molar-refractivity contribution in [2.75, 3.05) is 13.2 Å². The predicted molar refractivity (Wildman–Crippen MR) is 126 cm³/mol. The summed E-state index contributed by atoms with van der Waals surface area (Å²) in [4.78, 5) is 13.1. The third-order valence-electron chi connectivity index (χ3n) is 5.88. The molecule has 0 atom stereocenters. The summed E-state index contributed by atoms with van der Waals surface area (Å²) in [5.74, 6) is 2.37. The van der Waals surface area contributed by atoms with Gasteiger partial charge in [0.05, 0.1) is 13.2 Å². The molecule has 1 aliphatic rings. The van der Waals surface area contributed by atoms with Gasteiger partial charge < -0.3 is 14.2 Å². The maximum Gasteiger partial charge on any atom is 0.352 e.